The number of hydrogen-bond acceptors (Lipinski definition) is 3. The Morgan fingerprint density at radius 1 is 1.47 bits per heavy atom. The highest BCUT2D eigenvalue weighted by Crippen LogP contribution is 2.19. The first-order valence-electron chi connectivity index (χ1n) is 6.13. The fourth-order valence-corrected chi connectivity index (χ4v) is 1.52. The van der Waals surface area contributed by atoms with Gasteiger partial charge in [0.2, 0.25) is 0 Å². The number of amidine groups is 1. The van der Waals surface area contributed by atoms with E-state index in [0.29, 0.717) is 17.5 Å². The van der Waals surface area contributed by atoms with Gasteiger partial charge >= 0.3 is 0 Å². The molecule has 1 heterocycles. The van der Waals surface area contributed by atoms with Crippen molar-refractivity contribution in [2.24, 2.45) is 22.6 Å². The number of hydrogen-bond donors (Lipinski definition) is 2. The average molecular weight is 239 g/mol. The lowest BCUT2D eigenvalue weighted by molar-refractivity contribution is 0.451. The van der Waals surface area contributed by atoms with E-state index < -0.39 is 0 Å². The molecule has 2 atom stereocenters. The lowest BCUT2D eigenvalue weighted by Gasteiger charge is -2.20. The molecule has 96 valence electrons. The SMILES string of the molecule is CCC1C=C(N[C@H](C)C(C)C)C(F)=CN=C1N. The summed E-state index contributed by atoms with van der Waals surface area (Å²) in [5.74, 6) is 0.555. The topological polar surface area (TPSA) is 50.4 Å². The summed E-state index contributed by atoms with van der Waals surface area (Å²) >= 11 is 0. The van der Waals surface area contributed by atoms with Crippen molar-refractivity contribution in [3.63, 3.8) is 0 Å². The van der Waals surface area contributed by atoms with Crippen LogP contribution in [0.3, 0.4) is 0 Å². The number of nitrogens with two attached hydrogens (primary N) is 1. The highest BCUT2D eigenvalue weighted by Gasteiger charge is 2.17. The average Bonchev–Trinajstić information content (AvgIpc) is 2.41. The number of halogens is 1. The van der Waals surface area contributed by atoms with Crippen LogP contribution < -0.4 is 11.1 Å². The Kier molecular flexibility index (Phi) is 4.73. The Bertz CT molecular complexity index is 356. The van der Waals surface area contributed by atoms with E-state index in [0.717, 1.165) is 6.42 Å². The first kappa shape index (κ1) is 13.7. The molecule has 0 bridgehead atoms. The van der Waals surface area contributed by atoms with Gasteiger partial charge in [0.15, 0.2) is 5.83 Å². The van der Waals surface area contributed by atoms with E-state index in [1.54, 1.807) is 0 Å². The van der Waals surface area contributed by atoms with Crippen LogP contribution in [-0.2, 0) is 0 Å². The molecule has 0 radical (unpaired) electrons. The molecule has 0 saturated carbocycles. The summed E-state index contributed by atoms with van der Waals surface area (Å²) in [5.41, 5.74) is 6.27. The predicted molar refractivity (Wildman–Crippen MR) is 70.1 cm³/mol. The molecule has 1 unspecified atom stereocenters. The molecule has 1 aliphatic rings. The van der Waals surface area contributed by atoms with Crippen molar-refractivity contribution in [3.8, 4) is 0 Å². The highest BCUT2D eigenvalue weighted by atomic mass is 19.1. The van der Waals surface area contributed by atoms with Crippen molar-refractivity contribution >= 4 is 5.84 Å². The van der Waals surface area contributed by atoms with Crippen LogP contribution in [0.25, 0.3) is 0 Å². The quantitative estimate of drug-likeness (QED) is 0.792. The zero-order chi connectivity index (χ0) is 13.0. The Morgan fingerprint density at radius 3 is 2.65 bits per heavy atom. The summed E-state index contributed by atoms with van der Waals surface area (Å²) in [6.07, 6.45) is 3.84. The van der Waals surface area contributed by atoms with Crippen LogP contribution in [0.5, 0.6) is 0 Å². The lowest BCUT2D eigenvalue weighted by atomic mass is 10.0. The third-order valence-corrected chi connectivity index (χ3v) is 3.16. The number of aliphatic imine (C=N–C) groups is 1. The minimum Gasteiger partial charge on any atom is -0.387 e. The van der Waals surface area contributed by atoms with E-state index in [9.17, 15) is 4.39 Å². The zero-order valence-electron chi connectivity index (χ0n) is 11.0. The second-order valence-electron chi connectivity index (χ2n) is 4.80. The minimum atomic E-state index is -0.351. The third-order valence-electron chi connectivity index (χ3n) is 3.16. The van der Waals surface area contributed by atoms with Crippen LogP contribution >= 0.6 is 0 Å². The van der Waals surface area contributed by atoms with Gasteiger partial charge in [-0.05, 0) is 25.3 Å². The van der Waals surface area contributed by atoms with Crippen molar-refractivity contribution in [1.82, 2.24) is 5.32 Å². The molecule has 1 aliphatic heterocycles. The largest absolute Gasteiger partial charge is 0.387 e. The summed E-state index contributed by atoms with van der Waals surface area (Å²) in [5, 5.41) is 3.18. The molecule has 0 aromatic rings. The highest BCUT2D eigenvalue weighted by molar-refractivity contribution is 5.85. The van der Waals surface area contributed by atoms with Gasteiger partial charge in [0.05, 0.1) is 11.9 Å². The molecule has 0 saturated heterocycles. The van der Waals surface area contributed by atoms with Crippen molar-refractivity contribution in [3.05, 3.63) is 23.8 Å². The normalized spacial score (nSPS) is 22.5. The van der Waals surface area contributed by atoms with Gasteiger partial charge in [-0.2, -0.15) is 0 Å². The van der Waals surface area contributed by atoms with Crippen LogP contribution in [0.15, 0.2) is 28.8 Å². The predicted octanol–water partition coefficient (Wildman–Crippen LogP) is 2.71. The smallest absolute Gasteiger partial charge is 0.164 e. The number of nitrogens with zero attached hydrogens (tertiary/aromatic N) is 1. The maximum Gasteiger partial charge on any atom is 0.164 e. The van der Waals surface area contributed by atoms with Crippen molar-refractivity contribution in [1.29, 1.82) is 0 Å². The number of allylic oxidation sites excluding steroid dienone is 1. The van der Waals surface area contributed by atoms with Gasteiger partial charge in [-0.15, -0.1) is 0 Å². The summed E-state index contributed by atoms with van der Waals surface area (Å²) in [6, 6.07) is 0.206. The second-order valence-corrected chi connectivity index (χ2v) is 4.80. The van der Waals surface area contributed by atoms with Gasteiger partial charge in [-0.25, -0.2) is 9.38 Å². The second kappa shape index (κ2) is 5.84. The van der Waals surface area contributed by atoms with Crippen LogP contribution in [0, 0.1) is 11.8 Å². The van der Waals surface area contributed by atoms with E-state index in [-0.39, 0.29) is 17.8 Å². The van der Waals surface area contributed by atoms with Crippen LogP contribution in [0.4, 0.5) is 4.39 Å². The van der Waals surface area contributed by atoms with Crippen molar-refractivity contribution in [2.75, 3.05) is 0 Å². The van der Waals surface area contributed by atoms with Gasteiger partial charge in [0.25, 0.3) is 0 Å². The summed E-state index contributed by atoms with van der Waals surface area (Å²) in [6.45, 7) is 8.24. The van der Waals surface area contributed by atoms with Crippen LogP contribution in [0.2, 0.25) is 0 Å². The van der Waals surface area contributed by atoms with Gasteiger partial charge in [-0.1, -0.05) is 20.8 Å². The molecule has 0 amide bonds. The molecular weight excluding hydrogens is 217 g/mol. The molecule has 17 heavy (non-hydrogen) atoms. The molecule has 3 N–H and O–H groups in total. The van der Waals surface area contributed by atoms with Crippen molar-refractivity contribution in [2.45, 2.75) is 40.2 Å². The maximum absolute atomic E-state index is 13.8. The Labute approximate surface area is 103 Å². The monoisotopic (exact) mass is 239 g/mol. The Hall–Kier alpha value is -1.32. The molecule has 0 aliphatic carbocycles. The maximum atomic E-state index is 13.8. The van der Waals surface area contributed by atoms with Gasteiger partial charge in [-0.3, -0.25) is 0 Å². The van der Waals surface area contributed by atoms with Gasteiger partial charge in [0, 0.05) is 12.0 Å². The summed E-state index contributed by atoms with van der Waals surface area (Å²) in [4.78, 5) is 3.92. The molecule has 3 nitrogen and oxygen atoms in total. The Balaban J connectivity index is 2.89. The molecule has 0 aromatic carbocycles. The minimum absolute atomic E-state index is 0.00126. The van der Waals surface area contributed by atoms with Crippen molar-refractivity contribution < 1.29 is 4.39 Å². The van der Waals surface area contributed by atoms with Crippen LogP contribution in [0.1, 0.15) is 34.1 Å². The zero-order valence-corrected chi connectivity index (χ0v) is 11.0. The third kappa shape index (κ3) is 3.58. The van der Waals surface area contributed by atoms with E-state index in [1.807, 2.05) is 19.9 Å². The number of rotatable bonds is 4. The number of nitrogens with one attached hydrogen (secondary N) is 1. The van der Waals surface area contributed by atoms with E-state index in [2.05, 4.69) is 24.2 Å². The fourth-order valence-electron chi connectivity index (χ4n) is 1.52. The summed E-state index contributed by atoms with van der Waals surface area (Å²) < 4.78 is 13.8. The van der Waals surface area contributed by atoms with E-state index in [1.165, 1.54) is 6.20 Å². The Morgan fingerprint density at radius 2 is 2.12 bits per heavy atom. The molecule has 0 aromatic heterocycles. The standard InChI is InChI=1S/C13H22FN3/c1-5-10-6-12(17-9(4)8(2)3)11(14)7-16-13(10)15/h6-10,17H,5H2,1-4H3,(H2,15,16)/t9-,10?/m1/s1. The summed E-state index contributed by atoms with van der Waals surface area (Å²) in [7, 11) is 0. The lowest BCUT2D eigenvalue weighted by Crippen LogP contribution is -2.31. The van der Waals surface area contributed by atoms with E-state index in [4.69, 9.17) is 5.73 Å². The molecule has 0 spiro atoms. The molecule has 0 fully saturated rings. The fraction of sp³-hybridized carbons (Fsp3) is 0.615. The first-order valence-corrected chi connectivity index (χ1v) is 6.13. The molecule has 4 heteroatoms. The van der Waals surface area contributed by atoms with Crippen LogP contribution in [-0.4, -0.2) is 11.9 Å². The molecular formula is C13H22FN3. The first-order chi connectivity index (χ1) is 7.95. The van der Waals surface area contributed by atoms with Gasteiger partial charge < -0.3 is 11.1 Å². The molecule has 1 rings (SSSR count). The van der Waals surface area contributed by atoms with Gasteiger partial charge in [0.1, 0.15) is 5.84 Å². The van der Waals surface area contributed by atoms with E-state index >= 15 is 0 Å².